The Kier molecular flexibility index (Phi) is 7.38. The third-order valence-corrected chi connectivity index (χ3v) is 5.18. The lowest BCUT2D eigenvalue weighted by atomic mass is 10.1. The van der Waals surface area contributed by atoms with E-state index in [9.17, 15) is 9.59 Å². The molecule has 0 fully saturated rings. The standard InChI is InChI=1S/C26H31N5O3/c1-25(2,3)31-15-13-18(17-31)24(33)27-16-23(32)30-22-11-10-21(29-22)20-9-7-8-19(28-20)12-14-26(4,5)34-6/h7-10,13,15,17H,11,16H2,1-6H3,(H,27,33)(H,29,30,32). The fraction of sp³-hybridized carbons (Fsp3) is 0.385. The smallest absolute Gasteiger partial charge is 0.253 e. The van der Waals surface area contributed by atoms with Crippen LogP contribution in [0.25, 0.3) is 5.70 Å². The summed E-state index contributed by atoms with van der Waals surface area (Å²) in [6.45, 7) is 9.77. The number of pyridine rings is 1. The number of hydrogen-bond acceptors (Lipinski definition) is 5. The predicted octanol–water partition coefficient (Wildman–Crippen LogP) is 3.10. The number of rotatable bonds is 5. The minimum Gasteiger partial charge on any atom is -0.366 e. The molecule has 178 valence electrons. The van der Waals surface area contributed by atoms with Crippen LogP contribution in [0.1, 0.15) is 62.8 Å². The Hall–Kier alpha value is -3.70. The highest BCUT2D eigenvalue weighted by atomic mass is 16.5. The zero-order valence-corrected chi connectivity index (χ0v) is 20.5. The van der Waals surface area contributed by atoms with Crippen molar-refractivity contribution < 1.29 is 14.3 Å². The summed E-state index contributed by atoms with van der Waals surface area (Å²) in [5, 5.41) is 5.39. The van der Waals surface area contributed by atoms with Gasteiger partial charge in [0.1, 0.15) is 17.1 Å². The molecule has 8 nitrogen and oxygen atoms in total. The van der Waals surface area contributed by atoms with Gasteiger partial charge in [-0.3, -0.25) is 9.59 Å². The summed E-state index contributed by atoms with van der Waals surface area (Å²) in [5.74, 6) is 5.92. The number of aromatic nitrogens is 2. The van der Waals surface area contributed by atoms with E-state index in [1.807, 2.05) is 69.7 Å². The number of ether oxygens (including phenoxy) is 1. The lowest BCUT2D eigenvalue weighted by molar-refractivity contribution is -0.118. The van der Waals surface area contributed by atoms with Crippen molar-refractivity contribution in [3.8, 4) is 11.8 Å². The van der Waals surface area contributed by atoms with Crippen LogP contribution in [0.15, 0.2) is 47.7 Å². The second-order valence-electron chi connectivity index (χ2n) is 9.43. The number of hydrogen-bond donors (Lipinski definition) is 2. The molecule has 0 bridgehead atoms. The fourth-order valence-electron chi connectivity index (χ4n) is 3.00. The van der Waals surface area contributed by atoms with Gasteiger partial charge < -0.3 is 19.9 Å². The molecule has 1 aliphatic heterocycles. The van der Waals surface area contributed by atoms with Gasteiger partial charge in [-0.25, -0.2) is 9.98 Å². The van der Waals surface area contributed by atoms with Crippen LogP contribution in [0, 0.1) is 11.8 Å². The molecule has 0 aliphatic carbocycles. The topological polar surface area (TPSA) is 97.6 Å². The van der Waals surface area contributed by atoms with Crippen molar-refractivity contribution in [3.63, 3.8) is 0 Å². The monoisotopic (exact) mass is 461 g/mol. The largest absolute Gasteiger partial charge is 0.366 e. The summed E-state index contributed by atoms with van der Waals surface area (Å²) in [6, 6.07) is 7.26. The van der Waals surface area contributed by atoms with Crippen molar-refractivity contribution in [2.75, 3.05) is 13.7 Å². The van der Waals surface area contributed by atoms with Crippen molar-refractivity contribution in [3.05, 3.63) is 59.7 Å². The van der Waals surface area contributed by atoms with Crippen LogP contribution in [-0.4, -0.2) is 46.5 Å². The van der Waals surface area contributed by atoms with Crippen LogP contribution in [0.5, 0.6) is 0 Å². The van der Waals surface area contributed by atoms with Crippen molar-refractivity contribution in [1.29, 1.82) is 0 Å². The molecule has 0 saturated heterocycles. The minimum absolute atomic E-state index is 0.122. The molecule has 0 spiro atoms. The minimum atomic E-state index is -0.564. The number of nitrogens with zero attached hydrogens (tertiary/aromatic N) is 3. The molecule has 8 heteroatoms. The molecule has 1 aliphatic rings. The summed E-state index contributed by atoms with van der Waals surface area (Å²) in [5.41, 5.74) is 1.77. The normalized spacial score (nSPS) is 13.5. The van der Waals surface area contributed by atoms with Crippen LogP contribution < -0.4 is 10.6 Å². The summed E-state index contributed by atoms with van der Waals surface area (Å²) >= 11 is 0. The van der Waals surface area contributed by atoms with Gasteiger partial charge >= 0.3 is 0 Å². The first-order chi connectivity index (χ1) is 16.0. The third-order valence-electron chi connectivity index (χ3n) is 5.18. The SMILES string of the molecule is COC(C)(C)C#Cc1cccc(C2=CCC(NC(=O)CNC(=O)c3ccn(C(C)(C)C)c3)=N2)n1. The molecule has 0 unspecified atom stereocenters. The molecule has 2 aromatic rings. The van der Waals surface area contributed by atoms with E-state index in [0.29, 0.717) is 34.9 Å². The van der Waals surface area contributed by atoms with Gasteiger partial charge in [0.2, 0.25) is 5.91 Å². The molecular formula is C26H31N5O3. The quantitative estimate of drug-likeness (QED) is 0.669. The average Bonchev–Trinajstić information content (AvgIpc) is 3.46. The highest BCUT2D eigenvalue weighted by Gasteiger charge is 2.17. The van der Waals surface area contributed by atoms with Gasteiger partial charge in [0.15, 0.2) is 0 Å². The zero-order valence-electron chi connectivity index (χ0n) is 20.5. The Bertz CT molecular complexity index is 1200. The lowest BCUT2D eigenvalue weighted by Crippen LogP contribution is -2.39. The maximum absolute atomic E-state index is 12.4. The predicted molar refractivity (Wildman–Crippen MR) is 132 cm³/mol. The van der Waals surface area contributed by atoms with Crippen LogP contribution in [0.3, 0.4) is 0 Å². The number of carbonyl (C=O) groups excluding carboxylic acids is 2. The van der Waals surface area contributed by atoms with Crippen molar-refractivity contribution in [2.24, 2.45) is 4.99 Å². The summed E-state index contributed by atoms with van der Waals surface area (Å²) in [6.07, 6.45) is 5.98. The molecule has 0 aromatic carbocycles. The van der Waals surface area contributed by atoms with Gasteiger partial charge in [0.05, 0.1) is 23.5 Å². The Balaban J connectivity index is 1.56. The molecule has 2 amide bonds. The van der Waals surface area contributed by atoms with Gasteiger partial charge in [-0.1, -0.05) is 12.0 Å². The number of methoxy groups -OCH3 is 1. The molecule has 0 atom stereocenters. The Morgan fingerprint density at radius 2 is 1.94 bits per heavy atom. The Morgan fingerprint density at radius 3 is 2.62 bits per heavy atom. The summed E-state index contributed by atoms with van der Waals surface area (Å²) in [7, 11) is 1.61. The maximum Gasteiger partial charge on any atom is 0.253 e. The molecule has 0 saturated carbocycles. The molecule has 2 N–H and O–H groups in total. The van der Waals surface area contributed by atoms with Gasteiger partial charge in [0, 0.05) is 31.5 Å². The van der Waals surface area contributed by atoms with Gasteiger partial charge in [-0.15, -0.1) is 0 Å². The number of nitrogens with one attached hydrogen (secondary N) is 2. The maximum atomic E-state index is 12.4. The second-order valence-corrected chi connectivity index (χ2v) is 9.43. The summed E-state index contributed by atoms with van der Waals surface area (Å²) in [4.78, 5) is 33.7. The highest BCUT2D eigenvalue weighted by Crippen LogP contribution is 2.20. The molecule has 2 aromatic heterocycles. The van der Waals surface area contributed by atoms with E-state index >= 15 is 0 Å². The van der Waals surface area contributed by atoms with Gasteiger partial charge in [-0.05, 0) is 64.8 Å². The zero-order chi connectivity index (χ0) is 24.9. The third kappa shape index (κ3) is 6.65. The van der Waals surface area contributed by atoms with Crippen molar-refractivity contribution in [1.82, 2.24) is 20.2 Å². The van der Waals surface area contributed by atoms with E-state index in [0.717, 1.165) is 0 Å². The first-order valence-corrected chi connectivity index (χ1v) is 11.1. The van der Waals surface area contributed by atoms with Crippen molar-refractivity contribution in [2.45, 2.75) is 52.2 Å². The molecular weight excluding hydrogens is 430 g/mol. The molecule has 3 heterocycles. The Morgan fingerprint density at radius 1 is 1.18 bits per heavy atom. The number of carbonyl (C=O) groups is 2. The lowest BCUT2D eigenvalue weighted by Gasteiger charge is -2.20. The highest BCUT2D eigenvalue weighted by molar-refractivity contribution is 6.05. The van der Waals surface area contributed by atoms with Gasteiger partial charge in [0.25, 0.3) is 5.91 Å². The van der Waals surface area contributed by atoms with Crippen LogP contribution in [-0.2, 0) is 15.1 Å². The van der Waals surface area contributed by atoms with Crippen LogP contribution >= 0.6 is 0 Å². The fourth-order valence-corrected chi connectivity index (χ4v) is 3.00. The first-order valence-electron chi connectivity index (χ1n) is 11.1. The number of aliphatic imine (C=N–C) groups is 1. The number of amides is 2. The molecule has 0 radical (unpaired) electrons. The average molecular weight is 462 g/mol. The molecule has 34 heavy (non-hydrogen) atoms. The van der Waals surface area contributed by atoms with E-state index in [1.54, 1.807) is 19.4 Å². The Labute approximate surface area is 200 Å². The van der Waals surface area contributed by atoms with E-state index in [4.69, 9.17) is 4.74 Å². The van der Waals surface area contributed by atoms with Crippen LogP contribution in [0.4, 0.5) is 0 Å². The van der Waals surface area contributed by atoms with E-state index in [1.165, 1.54) is 0 Å². The molecule has 3 rings (SSSR count). The number of amidine groups is 1. The summed E-state index contributed by atoms with van der Waals surface area (Å²) < 4.78 is 7.27. The van der Waals surface area contributed by atoms with E-state index in [-0.39, 0.29) is 23.9 Å². The van der Waals surface area contributed by atoms with Gasteiger partial charge in [-0.2, -0.15) is 0 Å². The van der Waals surface area contributed by atoms with E-state index < -0.39 is 5.60 Å². The van der Waals surface area contributed by atoms with Crippen molar-refractivity contribution >= 4 is 23.3 Å². The second kappa shape index (κ2) is 10.1. The van der Waals surface area contributed by atoms with Crippen LogP contribution in [0.2, 0.25) is 0 Å². The first kappa shape index (κ1) is 24.9. The van der Waals surface area contributed by atoms with E-state index in [2.05, 4.69) is 32.5 Å².